The lowest BCUT2D eigenvalue weighted by Crippen LogP contribution is -2.14. The number of hydrogen-bond acceptors (Lipinski definition) is 4. The van der Waals surface area contributed by atoms with Crippen molar-refractivity contribution in [3.63, 3.8) is 0 Å². The van der Waals surface area contributed by atoms with E-state index in [1.165, 1.54) is 13.2 Å². The Bertz CT molecular complexity index is 478. The second-order valence-electron chi connectivity index (χ2n) is 4.28. The van der Waals surface area contributed by atoms with Gasteiger partial charge in [0.25, 0.3) is 0 Å². The largest absolute Gasteiger partial charge is 0.469 e. The summed E-state index contributed by atoms with van der Waals surface area (Å²) in [5.74, 6) is -0.178. The van der Waals surface area contributed by atoms with Gasteiger partial charge >= 0.3 is 12.1 Å². The van der Waals surface area contributed by atoms with Crippen LogP contribution in [0.5, 0.6) is 0 Å². The minimum atomic E-state index is -4.41. The molecule has 21 heavy (non-hydrogen) atoms. The van der Waals surface area contributed by atoms with Crippen molar-refractivity contribution in [2.75, 3.05) is 19.4 Å². The van der Waals surface area contributed by atoms with Crippen molar-refractivity contribution in [3.8, 4) is 0 Å². The maximum atomic E-state index is 13.1. The van der Waals surface area contributed by atoms with Gasteiger partial charge in [-0.2, -0.15) is 13.2 Å². The number of halogens is 3. The number of benzene rings is 1. The van der Waals surface area contributed by atoms with Crippen LogP contribution < -0.4 is 5.32 Å². The van der Waals surface area contributed by atoms with E-state index in [0.29, 0.717) is 18.7 Å². The minimum absolute atomic E-state index is 0.0810. The molecule has 0 aromatic heterocycles. The van der Waals surface area contributed by atoms with Crippen LogP contribution in [0.3, 0.4) is 0 Å². The van der Waals surface area contributed by atoms with Crippen LogP contribution in [0.4, 0.5) is 13.2 Å². The van der Waals surface area contributed by atoms with Crippen molar-refractivity contribution in [1.82, 2.24) is 5.32 Å². The zero-order valence-corrected chi connectivity index (χ0v) is 12.7. The fraction of sp³-hybridized carbons (Fsp3) is 0.500. The first-order valence-electron chi connectivity index (χ1n) is 6.49. The Hall–Kier alpha value is -1.21. The van der Waals surface area contributed by atoms with Crippen molar-refractivity contribution in [2.24, 2.45) is 0 Å². The van der Waals surface area contributed by atoms with Gasteiger partial charge < -0.3 is 10.1 Å². The summed E-state index contributed by atoms with van der Waals surface area (Å²) in [7, 11) is 1.25. The topological polar surface area (TPSA) is 38.3 Å². The molecule has 0 amide bonds. The number of esters is 1. The zero-order chi connectivity index (χ0) is 15.9. The smallest absolute Gasteiger partial charge is 0.417 e. The summed E-state index contributed by atoms with van der Waals surface area (Å²) < 4.78 is 43.7. The first kappa shape index (κ1) is 17.8. The molecule has 1 aromatic rings. The number of nitrogens with one attached hydrogen (secondary N) is 1. The maximum absolute atomic E-state index is 13.1. The van der Waals surface area contributed by atoms with Gasteiger partial charge in [-0.05, 0) is 24.2 Å². The number of ether oxygens (including phenoxy) is 1. The van der Waals surface area contributed by atoms with Crippen LogP contribution >= 0.6 is 11.8 Å². The van der Waals surface area contributed by atoms with Gasteiger partial charge in [0.15, 0.2) is 0 Å². The van der Waals surface area contributed by atoms with Gasteiger partial charge in [-0.1, -0.05) is 13.0 Å². The van der Waals surface area contributed by atoms with E-state index in [9.17, 15) is 18.0 Å². The predicted octanol–water partition coefficient (Wildman–Crippen LogP) is 3.47. The lowest BCUT2D eigenvalue weighted by atomic mass is 10.1. The summed E-state index contributed by atoms with van der Waals surface area (Å²) in [4.78, 5) is 11.1. The molecule has 0 radical (unpaired) electrons. The first-order chi connectivity index (χ1) is 9.88. The van der Waals surface area contributed by atoms with Crippen LogP contribution in [0.25, 0.3) is 0 Å². The Morgan fingerprint density at radius 2 is 2.10 bits per heavy atom. The molecule has 0 saturated carbocycles. The first-order valence-corrected chi connectivity index (χ1v) is 7.47. The lowest BCUT2D eigenvalue weighted by Gasteiger charge is -2.14. The molecule has 0 heterocycles. The average molecular weight is 321 g/mol. The molecule has 0 unspecified atom stereocenters. The third-order valence-electron chi connectivity index (χ3n) is 2.72. The summed E-state index contributed by atoms with van der Waals surface area (Å²) in [6.45, 7) is 2.98. The van der Waals surface area contributed by atoms with Crippen molar-refractivity contribution in [2.45, 2.75) is 31.0 Å². The van der Waals surface area contributed by atoms with Crippen LogP contribution in [0.2, 0.25) is 0 Å². The number of thioether (sulfide) groups is 1. The molecule has 118 valence electrons. The number of carbonyl (C=O) groups is 1. The lowest BCUT2D eigenvalue weighted by molar-refractivity contribution is -0.140. The monoisotopic (exact) mass is 321 g/mol. The summed E-state index contributed by atoms with van der Waals surface area (Å²) in [5.41, 5.74) is -0.0748. The van der Waals surface area contributed by atoms with Gasteiger partial charge in [0, 0.05) is 17.2 Å². The number of carbonyl (C=O) groups excluding carboxylic acids is 1. The molecule has 0 aliphatic carbocycles. The van der Waals surface area contributed by atoms with Gasteiger partial charge in [-0.3, -0.25) is 4.79 Å². The van der Waals surface area contributed by atoms with Gasteiger partial charge in [-0.15, -0.1) is 11.8 Å². The Kier molecular flexibility index (Phi) is 7.04. The van der Waals surface area contributed by atoms with E-state index in [-0.39, 0.29) is 17.1 Å². The molecule has 0 saturated heterocycles. The number of rotatable bonds is 7. The minimum Gasteiger partial charge on any atom is -0.469 e. The summed E-state index contributed by atoms with van der Waals surface area (Å²) in [6.07, 6.45) is -4.33. The molecular formula is C14H18F3NO2S. The SMILES string of the molecule is CCNCc1ccc(SCCC(=O)OC)c(C(F)(F)F)c1. The van der Waals surface area contributed by atoms with E-state index in [4.69, 9.17) is 0 Å². The second-order valence-corrected chi connectivity index (χ2v) is 5.42. The Balaban J connectivity index is 2.84. The third kappa shape index (κ3) is 5.97. The molecule has 1 rings (SSSR count). The van der Waals surface area contributed by atoms with Crippen LogP contribution in [0, 0.1) is 0 Å². The quantitative estimate of drug-likeness (QED) is 0.616. The number of methoxy groups -OCH3 is 1. The van der Waals surface area contributed by atoms with Gasteiger partial charge in [0.05, 0.1) is 19.1 Å². The van der Waals surface area contributed by atoms with Crippen molar-refractivity contribution >= 4 is 17.7 Å². The molecule has 0 spiro atoms. The fourth-order valence-corrected chi connectivity index (χ4v) is 2.63. The highest BCUT2D eigenvalue weighted by atomic mass is 32.2. The van der Waals surface area contributed by atoms with Crippen LogP contribution in [0.1, 0.15) is 24.5 Å². The summed E-state index contributed by atoms with van der Waals surface area (Å²) >= 11 is 1.01. The highest BCUT2D eigenvalue weighted by molar-refractivity contribution is 7.99. The summed E-state index contributed by atoms with van der Waals surface area (Å²) in [6, 6.07) is 4.28. The summed E-state index contributed by atoms with van der Waals surface area (Å²) in [5, 5.41) is 2.99. The molecule has 7 heteroatoms. The van der Waals surface area contributed by atoms with E-state index < -0.39 is 17.7 Å². The van der Waals surface area contributed by atoms with E-state index in [0.717, 1.165) is 17.8 Å². The van der Waals surface area contributed by atoms with Crippen LogP contribution in [-0.2, 0) is 22.3 Å². The molecule has 3 nitrogen and oxygen atoms in total. The number of hydrogen-bond donors (Lipinski definition) is 1. The standard InChI is InChI=1S/C14H18F3NO2S/c1-3-18-9-10-4-5-12(11(8-10)14(15,16)17)21-7-6-13(19)20-2/h4-5,8,18H,3,6-7,9H2,1-2H3. The van der Waals surface area contributed by atoms with Crippen molar-refractivity contribution in [1.29, 1.82) is 0 Å². The van der Waals surface area contributed by atoms with Crippen molar-refractivity contribution < 1.29 is 22.7 Å². The van der Waals surface area contributed by atoms with E-state index in [1.807, 2.05) is 6.92 Å². The molecule has 0 fully saturated rings. The normalized spacial score (nSPS) is 11.5. The molecule has 0 bridgehead atoms. The van der Waals surface area contributed by atoms with E-state index in [2.05, 4.69) is 10.1 Å². The molecule has 0 aliphatic heterocycles. The van der Waals surface area contributed by atoms with Crippen LogP contribution in [-0.4, -0.2) is 25.4 Å². The van der Waals surface area contributed by atoms with E-state index in [1.54, 1.807) is 6.07 Å². The highest BCUT2D eigenvalue weighted by Gasteiger charge is 2.33. The maximum Gasteiger partial charge on any atom is 0.417 e. The third-order valence-corrected chi connectivity index (χ3v) is 3.80. The van der Waals surface area contributed by atoms with E-state index >= 15 is 0 Å². The second kappa shape index (κ2) is 8.29. The zero-order valence-electron chi connectivity index (χ0n) is 11.9. The average Bonchev–Trinajstić information content (AvgIpc) is 2.44. The molecule has 0 atom stereocenters. The molecule has 1 aromatic carbocycles. The highest BCUT2D eigenvalue weighted by Crippen LogP contribution is 2.37. The van der Waals surface area contributed by atoms with Gasteiger partial charge in [-0.25, -0.2) is 0 Å². The van der Waals surface area contributed by atoms with Gasteiger partial charge in [0.2, 0.25) is 0 Å². The fourth-order valence-electron chi connectivity index (χ4n) is 1.65. The van der Waals surface area contributed by atoms with Gasteiger partial charge in [0.1, 0.15) is 0 Å². The van der Waals surface area contributed by atoms with Crippen molar-refractivity contribution in [3.05, 3.63) is 29.3 Å². The predicted molar refractivity (Wildman–Crippen MR) is 76.2 cm³/mol. The number of alkyl halides is 3. The molecular weight excluding hydrogens is 303 g/mol. The Morgan fingerprint density at radius 1 is 1.38 bits per heavy atom. The molecule has 0 aliphatic rings. The Labute approximate surface area is 126 Å². The Morgan fingerprint density at radius 3 is 2.67 bits per heavy atom. The molecule has 1 N–H and O–H groups in total. The van der Waals surface area contributed by atoms with Crippen LogP contribution in [0.15, 0.2) is 23.1 Å².